The van der Waals surface area contributed by atoms with E-state index in [4.69, 9.17) is 5.11 Å². The third kappa shape index (κ3) is 3.38. The van der Waals surface area contributed by atoms with E-state index in [1.165, 1.54) is 31.3 Å². The van der Waals surface area contributed by atoms with Crippen LogP contribution in [0.3, 0.4) is 0 Å². The van der Waals surface area contributed by atoms with E-state index < -0.39 is 0 Å². The first-order chi connectivity index (χ1) is 5.29. The van der Waals surface area contributed by atoms with Crippen molar-refractivity contribution >= 4 is 0 Å². The Hall–Kier alpha value is -0.560. The van der Waals surface area contributed by atoms with Crippen LogP contribution in [-0.2, 0) is 0 Å². The molecule has 0 unspecified atom stereocenters. The smallest absolute Gasteiger partial charge is 0.0695 e. The lowest BCUT2D eigenvalue weighted by Gasteiger charge is -2.08. The summed E-state index contributed by atoms with van der Waals surface area (Å²) in [4.78, 5) is 0. The monoisotopic (exact) mass is 152 g/mol. The fourth-order valence-electron chi connectivity index (χ4n) is 1.28. The summed E-state index contributed by atoms with van der Waals surface area (Å²) in [7, 11) is 0. The highest BCUT2D eigenvalue weighted by Crippen LogP contribution is 2.18. The number of aliphatic hydroxyl groups excluding tert-OH is 1. The molecule has 0 aromatic carbocycles. The van der Waals surface area contributed by atoms with Crippen LogP contribution in [0.2, 0.25) is 0 Å². The summed E-state index contributed by atoms with van der Waals surface area (Å²) in [5.74, 6) is 0. The van der Waals surface area contributed by atoms with Crippen LogP contribution in [0.25, 0.3) is 0 Å². The van der Waals surface area contributed by atoms with Crippen LogP contribution >= 0.6 is 0 Å². The summed E-state index contributed by atoms with van der Waals surface area (Å²) in [5.41, 5.74) is 1.39. The molecule has 1 rings (SSSR count). The third-order valence-electron chi connectivity index (χ3n) is 1.91. The molecule has 1 heteroatoms. The minimum Gasteiger partial charge on any atom is -0.389 e. The first-order valence-corrected chi connectivity index (χ1v) is 4.34. The highest BCUT2D eigenvalue weighted by Gasteiger charge is 1.99. The highest BCUT2D eigenvalue weighted by molar-refractivity contribution is 5.20. The van der Waals surface area contributed by atoms with Gasteiger partial charge in [0.1, 0.15) is 0 Å². The molecule has 0 spiro atoms. The largest absolute Gasteiger partial charge is 0.389 e. The van der Waals surface area contributed by atoms with Gasteiger partial charge in [-0.05, 0) is 32.6 Å². The van der Waals surface area contributed by atoms with Crippen LogP contribution in [0.4, 0.5) is 0 Å². The second kappa shape index (κ2) is 4.35. The standard InChI is InChI=1S/C10H16O/c1-9(11)7-8-10-5-3-2-4-6-10/h5,7-9,11H,2-4,6H2,1H3/b8-7+/t9-/m1/s1. The van der Waals surface area contributed by atoms with Gasteiger partial charge >= 0.3 is 0 Å². The van der Waals surface area contributed by atoms with Crippen molar-refractivity contribution in [1.29, 1.82) is 0 Å². The quantitative estimate of drug-likeness (QED) is 0.644. The van der Waals surface area contributed by atoms with E-state index in [1.807, 2.05) is 12.2 Å². The van der Waals surface area contributed by atoms with E-state index in [0.29, 0.717) is 0 Å². The molecule has 0 saturated heterocycles. The molecule has 0 aromatic heterocycles. The number of allylic oxidation sites excluding steroid dienone is 3. The zero-order valence-electron chi connectivity index (χ0n) is 7.09. The van der Waals surface area contributed by atoms with E-state index in [2.05, 4.69) is 6.08 Å². The average Bonchev–Trinajstić information content (AvgIpc) is 2.03. The van der Waals surface area contributed by atoms with Gasteiger partial charge in [0.2, 0.25) is 0 Å². The van der Waals surface area contributed by atoms with Gasteiger partial charge in [-0.25, -0.2) is 0 Å². The Kier molecular flexibility index (Phi) is 3.37. The van der Waals surface area contributed by atoms with Crippen molar-refractivity contribution in [3.8, 4) is 0 Å². The highest BCUT2D eigenvalue weighted by atomic mass is 16.3. The van der Waals surface area contributed by atoms with Crippen molar-refractivity contribution in [3.05, 3.63) is 23.8 Å². The minimum absolute atomic E-state index is 0.308. The van der Waals surface area contributed by atoms with Crippen LogP contribution in [0.15, 0.2) is 23.8 Å². The first kappa shape index (κ1) is 8.54. The van der Waals surface area contributed by atoms with Gasteiger partial charge < -0.3 is 5.11 Å². The molecule has 0 bridgehead atoms. The van der Waals surface area contributed by atoms with Crippen molar-refractivity contribution in [1.82, 2.24) is 0 Å². The van der Waals surface area contributed by atoms with Gasteiger partial charge in [0.25, 0.3) is 0 Å². The predicted octanol–water partition coefficient (Wildman–Crippen LogP) is 2.42. The van der Waals surface area contributed by atoms with E-state index >= 15 is 0 Å². The van der Waals surface area contributed by atoms with Gasteiger partial charge in [-0.15, -0.1) is 0 Å². The van der Waals surface area contributed by atoms with Gasteiger partial charge in [-0.1, -0.05) is 23.8 Å². The maximum atomic E-state index is 8.97. The second-order valence-corrected chi connectivity index (χ2v) is 3.12. The molecule has 0 saturated carbocycles. The lowest BCUT2D eigenvalue weighted by atomic mass is 9.99. The van der Waals surface area contributed by atoms with Gasteiger partial charge in [-0.2, -0.15) is 0 Å². The average molecular weight is 152 g/mol. The molecule has 62 valence electrons. The maximum absolute atomic E-state index is 8.97. The zero-order chi connectivity index (χ0) is 8.10. The predicted molar refractivity (Wildman–Crippen MR) is 47.4 cm³/mol. The van der Waals surface area contributed by atoms with Crippen LogP contribution in [0.5, 0.6) is 0 Å². The molecule has 0 aliphatic heterocycles. The molecule has 0 aromatic rings. The number of hydrogen-bond donors (Lipinski definition) is 1. The van der Waals surface area contributed by atoms with Crippen molar-refractivity contribution < 1.29 is 5.11 Å². The van der Waals surface area contributed by atoms with Crippen LogP contribution < -0.4 is 0 Å². The third-order valence-corrected chi connectivity index (χ3v) is 1.91. The van der Waals surface area contributed by atoms with E-state index in [9.17, 15) is 0 Å². The summed E-state index contributed by atoms with van der Waals surface area (Å²) in [5, 5.41) is 8.97. The van der Waals surface area contributed by atoms with Gasteiger partial charge in [-0.3, -0.25) is 0 Å². The molecule has 1 N–H and O–H groups in total. The zero-order valence-corrected chi connectivity index (χ0v) is 7.09. The lowest BCUT2D eigenvalue weighted by Crippen LogP contribution is -1.94. The Morgan fingerprint density at radius 2 is 2.36 bits per heavy atom. The molecule has 1 aliphatic rings. The molecule has 1 nitrogen and oxygen atoms in total. The van der Waals surface area contributed by atoms with Gasteiger partial charge in [0, 0.05) is 0 Å². The Morgan fingerprint density at radius 1 is 1.55 bits per heavy atom. The Morgan fingerprint density at radius 3 is 2.91 bits per heavy atom. The summed E-state index contributed by atoms with van der Waals surface area (Å²) in [6.07, 6.45) is 10.9. The molecule has 0 heterocycles. The molecule has 1 atom stereocenters. The fraction of sp³-hybridized carbons (Fsp3) is 0.600. The van der Waals surface area contributed by atoms with Crippen molar-refractivity contribution in [2.45, 2.75) is 38.7 Å². The maximum Gasteiger partial charge on any atom is 0.0695 e. The lowest BCUT2D eigenvalue weighted by molar-refractivity contribution is 0.244. The van der Waals surface area contributed by atoms with E-state index in [1.54, 1.807) is 6.92 Å². The number of aliphatic hydroxyl groups is 1. The number of hydrogen-bond acceptors (Lipinski definition) is 1. The van der Waals surface area contributed by atoms with Gasteiger partial charge in [0.05, 0.1) is 6.10 Å². The van der Waals surface area contributed by atoms with Gasteiger partial charge in [0.15, 0.2) is 0 Å². The molecule has 0 amide bonds. The number of rotatable bonds is 2. The summed E-state index contributed by atoms with van der Waals surface area (Å²) >= 11 is 0. The van der Waals surface area contributed by atoms with Crippen molar-refractivity contribution in [3.63, 3.8) is 0 Å². The second-order valence-electron chi connectivity index (χ2n) is 3.12. The SMILES string of the molecule is C[C@@H](O)/C=C/C1=CCCCC1. The molecule has 0 radical (unpaired) electrons. The van der Waals surface area contributed by atoms with E-state index in [-0.39, 0.29) is 6.10 Å². The van der Waals surface area contributed by atoms with Crippen LogP contribution in [0.1, 0.15) is 32.6 Å². The molecule has 0 fully saturated rings. The molecule has 1 aliphatic carbocycles. The Bertz CT molecular complexity index is 166. The van der Waals surface area contributed by atoms with Crippen LogP contribution in [0, 0.1) is 0 Å². The first-order valence-electron chi connectivity index (χ1n) is 4.34. The normalized spacial score (nSPS) is 21.8. The minimum atomic E-state index is -0.308. The van der Waals surface area contributed by atoms with E-state index in [0.717, 1.165) is 0 Å². The van der Waals surface area contributed by atoms with Crippen LogP contribution in [-0.4, -0.2) is 11.2 Å². The fourth-order valence-corrected chi connectivity index (χ4v) is 1.28. The van der Waals surface area contributed by atoms with Crippen molar-refractivity contribution in [2.24, 2.45) is 0 Å². The Balaban J connectivity index is 2.41. The summed E-state index contributed by atoms with van der Waals surface area (Å²) in [6, 6.07) is 0. The summed E-state index contributed by atoms with van der Waals surface area (Å²) < 4.78 is 0. The molecule has 11 heavy (non-hydrogen) atoms. The molecular formula is C10H16O. The topological polar surface area (TPSA) is 20.2 Å². The Labute approximate surface area is 68.4 Å². The summed E-state index contributed by atoms with van der Waals surface area (Å²) in [6.45, 7) is 1.78. The van der Waals surface area contributed by atoms with Crippen molar-refractivity contribution in [2.75, 3.05) is 0 Å². The molecular weight excluding hydrogens is 136 g/mol.